The molecule has 5 nitrogen and oxygen atoms in total. The van der Waals surface area contributed by atoms with E-state index >= 15 is 0 Å². The lowest BCUT2D eigenvalue weighted by Gasteiger charge is -2.10. The number of nitrogens with zero attached hydrogens (tertiary/aromatic N) is 1. The molecule has 132 valence electrons. The summed E-state index contributed by atoms with van der Waals surface area (Å²) in [4.78, 5) is 24.6. The van der Waals surface area contributed by atoms with Gasteiger partial charge in [0.1, 0.15) is 0 Å². The number of hydrogen-bond donors (Lipinski definition) is 2. The number of benzene rings is 2. The molecule has 1 amide bonds. The summed E-state index contributed by atoms with van der Waals surface area (Å²) in [6.45, 7) is 0.689. The minimum absolute atomic E-state index is 0.202. The lowest BCUT2D eigenvalue weighted by atomic mass is 10.2. The number of nitrogens with one attached hydrogen (secondary N) is 1. The number of hydrogen-bond acceptors (Lipinski definition) is 3. The Balaban J connectivity index is 1.83. The molecule has 0 aliphatic heterocycles. The summed E-state index contributed by atoms with van der Waals surface area (Å²) in [6.07, 6.45) is 1.54. The van der Waals surface area contributed by atoms with Crippen LogP contribution in [0.2, 0.25) is 5.02 Å². The standard InChI is InChI=1S/C20H18ClN3O2/c21-18-7-2-1-5-15(18)12-24-13-16(8-9-19(24)25)20(26)23-17-6-3-4-14(10-17)11-22/h1-10,13H,11-12,22H2,(H,23,26). The zero-order valence-electron chi connectivity index (χ0n) is 14.0. The lowest BCUT2D eigenvalue weighted by molar-refractivity contribution is 0.102. The van der Waals surface area contributed by atoms with Gasteiger partial charge in [0.25, 0.3) is 11.5 Å². The van der Waals surface area contributed by atoms with Crippen molar-refractivity contribution >= 4 is 23.2 Å². The van der Waals surface area contributed by atoms with Gasteiger partial charge in [0.2, 0.25) is 0 Å². The zero-order chi connectivity index (χ0) is 18.5. The number of aromatic nitrogens is 1. The molecule has 1 heterocycles. The van der Waals surface area contributed by atoms with Crippen molar-refractivity contribution in [3.8, 4) is 0 Å². The first-order valence-corrected chi connectivity index (χ1v) is 8.49. The maximum Gasteiger partial charge on any atom is 0.257 e. The maximum atomic E-state index is 12.5. The van der Waals surface area contributed by atoms with Gasteiger partial charge in [-0.25, -0.2) is 0 Å². The van der Waals surface area contributed by atoms with Gasteiger partial charge in [-0.1, -0.05) is 41.9 Å². The molecule has 0 unspecified atom stereocenters. The van der Waals surface area contributed by atoms with Crippen LogP contribution >= 0.6 is 11.6 Å². The van der Waals surface area contributed by atoms with Crippen molar-refractivity contribution in [2.24, 2.45) is 5.73 Å². The van der Waals surface area contributed by atoms with Crippen molar-refractivity contribution in [1.82, 2.24) is 4.57 Å². The second-order valence-corrected chi connectivity index (χ2v) is 6.24. The van der Waals surface area contributed by atoms with Crippen LogP contribution in [0.4, 0.5) is 5.69 Å². The van der Waals surface area contributed by atoms with Gasteiger partial charge >= 0.3 is 0 Å². The molecule has 0 saturated carbocycles. The first kappa shape index (κ1) is 17.9. The third-order valence-electron chi connectivity index (χ3n) is 3.96. The predicted molar refractivity (Wildman–Crippen MR) is 104 cm³/mol. The minimum Gasteiger partial charge on any atom is -0.326 e. The Morgan fingerprint density at radius 2 is 1.88 bits per heavy atom. The largest absolute Gasteiger partial charge is 0.326 e. The second-order valence-electron chi connectivity index (χ2n) is 5.83. The van der Waals surface area contributed by atoms with Gasteiger partial charge in [0, 0.05) is 29.5 Å². The summed E-state index contributed by atoms with van der Waals surface area (Å²) >= 11 is 6.16. The average Bonchev–Trinajstić information content (AvgIpc) is 2.65. The van der Waals surface area contributed by atoms with Gasteiger partial charge < -0.3 is 15.6 Å². The molecule has 2 aromatic carbocycles. The molecule has 0 fully saturated rings. The molecule has 0 spiro atoms. The Kier molecular flexibility index (Phi) is 5.51. The Labute approximate surface area is 156 Å². The molecule has 0 atom stereocenters. The van der Waals surface area contributed by atoms with Gasteiger partial charge in [-0.2, -0.15) is 0 Å². The van der Waals surface area contributed by atoms with E-state index in [1.807, 2.05) is 36.4 Å². The zero-order valence-corrected chi connectivity index (χ0v) is 14.7. The highest BCUT2D eigenvalue weighted by Crippen LogP contribution is 2.16. The molecule has 6 heteroatoms. The van der Waals surface area contributed by atoms with Crippen LogP contribution in [-0.4, -0.2) is 10.5 Å². The topological polar surface area (TPSA) is 77.1 Å². The number of amides is 1. The quantitative estimate of drug-likeness (QED) is 0.726. The van der Waals surface area contributed by atoms with E-state index in [1.165, 1.54) is 22.9 Å². The van der Waals surface area contributed by atoms with E-state index < -0.39 is 0 Å². The summed E-state index contributed by atoms with van der Waals surface area (Å²) in [5.74, 6) is -0.299. The third kappa shape index (κ3) is 4.20. The van der Waals surface area contributed by atoms with Gasteiger partial charge in [-0.15, -0.1) is 0 Å². The van der Waals surface area contributed by atoms with Crippen molar-refractivity contribution in [2.75, 3.05) is 5.32 Å². The Morgan fingerprint density at radius 1 is 1.08 bits per heavy atom. The van der Waals surface area contributed by atoms with Crippen molar-refractivity contribution in [1.29, 1.82) is 0 Å². The molecular weight excluding hydrogens is 350 g/mol. The monoisotopic (exact) mass is 367 g/mol. The number of rotatable bonds is 5. The minimum atomic E-state index is -0.299. The van der Waals surface area contributed by atoms with Crippen LogP contribution in [0.5, 0.6) is 0 Å². The van der Waals surface area contributed by atoms with E-state index in [2.05, 4.69) is 5.32 Å². The number of carbonyl (C=O) groups excluding carboxylic acids is 1. The smallest absolute Gasteiger partial charge is 0.257 e. The molecule has 0 saturated heterocycles. The fraction of sp³-hybridized carbons (Fsp3) is 0.100. The lowest BCUT2D eigenvalue weighted by Crippen LogP contribution is -2.22. The molecule has 0 aliphatic carbocycles. The molecule has 26 heavy (non-hydrogen) atoms. The Bertz CT molecular complexity index is 998. The highest BCUT2D eigenvalue weighted by molar-refractivity contribution is 6.31. The Morgan fingerprint density at radius 3 is 2.65 bits per heavy atom. The van der Waals surface area contributed by atoms with E-state index in [1.54, 1.807) is 12.1 Å². The van der Waals surface area contributed by atoms with Crippen LogP contribution < -0.4 is 16.6 Å². The predicted octanol–water partition coefficient (Wildman–Crippen LogP) is 3.26. The maximum absolute atomic E-state index is 12.5. The van der Waals surface area contributed by atoms with E-state index in [0.29, 0.717) is 29.4 Å². The molecule has 3 rings (SSSR count). The molecule has 3 N–H and O–H groups in total. The Hall–Kier alpha value is -2.89. The van der Waals surface area contributed by atoms with E-state index in [0.717, 1.165) is 11.1 Å². The number of nitrogens with two attached hydrogens (primary N) is 1. The molecule has 1 aromatic heterocycles. The van der Waals surface area contributed by atoms with Crippen molar-refractivity contribution in [2.45, 2.75) is 13.1 Å². The number of anilines is 1. The van der Waals surface area contributed by atoms with Crippen LogP contribution in [0.25, 0.3) is 0 Å². The first-order chi connectivity index (χ1) is 12.6. The van der Waals surface area contributed by atoms with E-state index in [9.17, 15) is 9.59 Å². The fourth-order valence-electron chi connectivity index (χ4n) is 2.58. The van der Waals surface area contributed by atoms with Crippen LogP contribution in [0.15, 0.2) is 71.7 Å². The number of halogens is 1. The first-order valence-electron chi connectivity index (χ1n) is 8.11. The second kappa shape index (κ2) is 7.99. The fourth-order valence-corrected chi connectivity index (χ4v) is 2.77. The van der Waals surface area contributed by atoms with E-state index in [-0.39, 0.29) is 11.5 Å². The van der Waals surface area contributed by atoms with Crippen LogP contribution in [0, 0.1) is 0 Å². The van der Waals surface area contributed by atoms with Crippen molar-refractivity contribution in [3.63, 3.8) is 0 Å². The molecule has 0 bridgehead atoms. The summed E-state index contributed by atoms with van der Waals surface area (Å²) in [6, 6.07) is 17.5. The third-order valence-corrected chi connectivity index (χ3v) is 4.33. The SMILES string of the molecule is NCc1cccc(NC(=O)c2ccc(=O)n(Cc3ccccc3Cl)c2)c1. The van der Waals surface area contributed by atoms with E-state index in [4.69, 9.17) is 17.3 Å². The molecule has 0 aliphatic rings. The summed E-state index contributed by atoms with van der Waals surface area (Å²) in [5, 5.41) is 3.40. The number of pyridine rings is 1. The number of carbonyl (C=O) groups is 1. The van der Waals surface area contributed by atoms with Crippen molar-refractivity contribution in [3.05, 3.63) is 98.9 Å². The van der Waals surface area contributed by atoms with Crippen LogP contribution in [-0.2, 0) is 13.1 Å². The highest BCUT2D eigenvalue weighted by Gasteiger charge is 2.10. The van der Waals surface area contributed by atoms with Crippen LogP contribution in [0.1, 0.15) is 21.5 Å². The highest BCUT2D eigenvalue weighted by atomic mass is 35.5. The van der Waals surface area contributed by atoms with Gasteiger partial charge in [0.05, 0.1) is 12.1 Å². The van der Waals surface area contributed by atoms with Crippen molar-refractivity contribution < 1.29 is 4.79 Å². The summed E-state index contributed by atoms with van der Waals surface area (Å²) in [7, 11) is 0. The molecule has 0 radical (unpaired) electrons. The average molecular weight is 368 g/mol. The van der Waals surface area contributed by atoms with Gasteiger partial charge in [-0.05, 0) is 35.4 Å². The van der Waals surface area contributed by atoms with Gasteiger partial charge in [0.15, 0.2) is 0 Å². The summed E-state index contributed by atoms with van der Waals surface area (Å²) < 4.78 is 1.46. The molecule has 3 aromatic rings. The molecular formula is C20H18ClN3O2. The van der Waals surface area contributed by atoms with Gasteiger partial charge in [-0.3, -0.25) is 9.59 Å². The van der Waals surface area contributed by atoms with Crippen LogP contribution in [0.3, 0.4) is 0 Å². The normalized spacial score (nSPS) is 10.5. The summed E-state index contributed by atoms with van der Waals surface area (Å²) in [5.41, 5.74) is 8.19.